The molecule has 1 aromatic rings. The Balaban J connectivity index is 2.25. The van der Waals surface area contributed by atoms with Gasteiger partial charge in [-0.15, -0.1) is 0 Å². The lowest BCUT2D eigenvalue weighted by molar-refractivity contribution is -0.151. The van der Waals surface area contributed by atoms with Crippen LogP contribution in [0.4, 0.5) is 0 Å². The normalized spacial score (nSPS) is 11.9. The fourth-order valence-corrected chi connectivity index (χ4v) is 0.943. The van der Waals surface area contributed by atoms with Crippen molar-refractivity contribution in [3.8, 4) is 0 Å². The molecule has 0 radical (unpaired) electrons. The highest BCUT2D eigenvalue weighted by molar-refractivity contribution is 5.69. The molecular weight excluding hydrogens is 218 g/mol. The topological polar surface area (TPSA) is 124 Å². The number of esters is 1. The molecule has 16 heavy (non-hydrogen) atoms. The number of aliphatic hydroxyl groups excluding tert-OH is 3. The number of rotatable bonds is 8. The lowest BCUT2D eigenvalue weighted by atomic mass is 9.93. The quantitative estimate of drug-likeness (QED) is 0.335. The fourth-order valence-electron chi connectivity index (χ4n) is 0.943. The van der Waals surface area contributed by atoms with Gasteiger partial charge in [0.2, 0.25) is 0 Å². The van der Waals surface area contributed by atoms with Gasteiger partial charge >= 0.3 is 5.97 Å². The standard InChI is InChI=1S/C8H17N3O5/c12-3-8(4-13,5-14)6-16-7(15)1-2-11-9-10-11/h9-10,12-14H,1-6H2. The van der Waals surface area contributed by atoms with E-state index in [1.807, 2.05) is 0 Å². The van der Waals surface area contributed by atoms with E-state index in [4.69, 9.17) is 20.1 Å². The van der Waals surface area contributed by atoms with Crippen LogP contribution in [0.15, 0.2) is 0 Å². The van der Waals surface area contributed by atoms with Gasteiger partial charge < -0.3 is 20.1 Å². The Morgan fingerprint density at radius 2 is 1.75 bits per heavy atom. The van der Waals surface area contributed by atoms with E-state index in [1.54, 1.807) is 4.80 Å². The van der Waals surface area contributed by atoms with Gasteiger partial charge in [-0.3, -0.25) is 4.79 Å². The fraction of sp³-hybridized carbons (Fsp3) is 0.875. The van der Waals surface area contributed by atoms with Crippen molar-refractivity contribution in [3.63, 3.8) is 0 Å². The van der Waals surface area contributed by atoms with Gasteiger partial charge in [0, 0.05) is 0 Å². The van der Waals surface area contributed by atoms with E-state index in [0.29, 0.717) is 6.54 Å². The van der Waals surface area contributed by atoms with Crippen LogP contribution < -0.4 is 0 Å². The van der Waals surface area contributed by atoms with Crippen LogP contribution in [0.2, 0.25) is 0 Å². The molecule has 8 heteroatoms. The predicted molar refractivity (Wildman–Crippen MR) is 52.4 cm³/mol. The van der Waals surface area contributed by atoms with Gasteiger partial charge in [0.05, 0.1) is 38.2 Å². The van der Waals surface area contributed by atoms with Crippen molar-refractivity contribution in [1.29, 1.82) is 0 Å². The summed E-state index contributed by atoms with van der Waals surface area (Å²) in [5, 5.41) is 32.2. The number of H-pyrrole nitrogens is 2. The summed E-state index contributed by atoms with van der Waals surface area (Å²) in [6.07, 6.45) is 0.179. The Labute approximate surface area is 91.8 Å². The van der Waals surface area contributed by atoms with Crippen molar-refractivity contribution >= 4 is 5.97 Å². The smallest absolute Gasteiger partial charge is 0.307 e. The molecule has 1 aromatic heterocycles. The number of aliphatic hydroxyl groups is 3. The van der Waals surface area contributed by atoms with E-state index in [-0.39, 0.29) is 13.0 Å². The molecule has 0 unspecified atom stereocenters. The van der Waals surface area contributed by atoms with Crippen molar-refractivity contribution in [3.05, 3.63) is 0 Å². The van der Waals surface area contributed by atoms with Crippen molar-refractivity contribution in [2.45, 2.75) is 13.0 Å². The lowest BCUT2D eigenvalue weighted by Crippen LogP contribution is -2.39. The number of nitrogens with zero attached hydrogens (tertiary/aromatic N) is 1. The summed E-state index contributed by atoms with van der Waals surface area (Å²) in [6, 6.07) is 0. The highest BCUT2D eigenvalue weighted by atomic mass is 16.5. The number of aromatic nitrogens is 3. The number of ether oxygens (including phenoxy) is 1. The molecule has 8 nitrogen and oxygen atoms in total. The minimum atomic E-state index is -1.16. The lowest BCUT2D eigenvalue weighted by Gasteiger charge is -2.26. The molecule has 0 amide bonds. The van der Waals surface area contributed by atoms with E-state index in [2.05, 4.69) is 10.4 Å². The SMILES string of the molecule is O=C(CCn1[nH][nH]1)OCC(CO)(CO)CO. The largest absolute Gasteiger partial charge is 0.465 e. The molecule has 0 bridgehead atoms. The first-order valence-corrected chi connectivity index (χ1v) is 4.93. The van der Waals surface area contributed by atoms with Crippen molar-refractivity contribution < 1.29 is 24.9 Å². The van der Waals surface area contributed by atoms with E-state index in [1.165, 1.54) is 0 Å². The molecule has 0 aliphatic heterocycles. The molecule has 94 valence electrons. The van der Waals surface area contributed by atoms with Crippen LogP contribution in [0.5, 0.6) is 0 Å². The Hall–Kier alpha value is -1.25. The van der Waals surface area contributed by atoms with Gasteiger partial charge in [0.25, 0.3) is 0 Å². The van der Waals surface area contributed by atoms with Crippen molar-refractivity contribution in [2.75, 3.05) is 26.4 Å². The number of aryl methyl sites for hydroxylation is 1. The molecule has 0 atom stereocenters. The van der Waals surface area contributed by atoms with Gasteiger partial charge in [-0.2, -0.15) is 4.80 Å². The summed E-state index contributed by atoms with van der Waals surface area (Å²) in [5.74, 6) is -0.449. The molecule has 0 spiro atoms. The van der Waals surface area contributed by atoms with Gasteiger partial charge in [0.1, 0.15) is 6.61 Å². The Morgan fingerprint density at radius 3 is 2.19 bits per heavy atom. The molecule has 1 rings (SSSR count). The van der Waals surface area contributed by atoms with Crippen LogP contribution in [0.1, 0.15) is 6.42 Å². The third-order valence-electron chi connectivity index (χ3n) is 2.36. The molecule has 0 aliphatic carbocycles. The summed E-state index contributed by atoms with van der Waals surface area (Å²) in [7, 11) is 0. The second-order valence-corrected chi connectivity index (χ2v) is 3.76. The molecule has 0 saturated carbocycles. The third-order valence-corrected chi connectivity index (χ3v) is 2.36. The highest BCUT2D eigenvalue weighted by Gasteiger charge is 2.30. The van der Waals surface area contributed by atoms with Gasteiger partial charge in [-0.05, 0) is 0 Å². The summed E-state index contributed by atoms with van der Waals surface area (Å²) < 4.78 is 4.86. The second kappa shape index (κ2) is 5.73. The number of hydrogen-bond acceptors (Lipinski definition) is 5. The number of carbonyl (C=O) groups is 1. The first-order valence-electron chi connectivity index (χ1n) is 4.93. The molecule has 1 heterocycles. The zero-order valence-electron chi connectivity index (χ0n) is 8.85. The van der Waals surface area contributed by atoms with Gasteiger partial charge in [-0.1, -0.05) is 0 Å². The summed E-state index contributed by atoms with van der Waals surface area (Å²) in [4.78, 5) is 12.8. The van der Waals surface area contributed by atoms with E-state index < -0.39 is 31.2 Å². The number of hydrogen-bond donors (Lipinski definition) is 5. The number of aromatic amines is 2. The Kier molecular flexibility index (Phi) is 4.59. The summed E-state index contributed by atoms with van der Waals surface area (Å²) >= 11 is 0. The van der Waals surface area contributed by atoms with Crippen LogP contribution in [0.3, 0.4) is 0 Å². The van der Waals surface area contributed by atoms with Gasteiger partial charge in [0.15, 0.2) is 0 Å². The minimum absolute atomic E-state index is 0.179. The predicted octanol–water partition coefficient (Wildman–Crippen LogP) is -1.96. The van der Waals surface area contributed by atoms with Crippen LogP contribution in [-0.2, 0) is 16.1 Å². The molecule has 5 N–H and O–H groups in total. The average molecular weight is 235 g/mol. The first-order chi connectivity index (χ1) is 7.65. The molecule has 0 aromatic carbocycles. The summed E-state index contributed by atoms with van der Waals surface area (Å²) in [6.45, 7) is -1.06. The molecule has 0 aliphatic rings. The second-order valence-electron chi connectivity index (χ2n) is 3.76. The monoisotopic (exact) mass is 235 g/mol. The Bertz CT molecular complexity index is 282. The number of carbonyl (C=O) groups excluding carboxylic acids is 1. The van der Waals surface area contributed by atoms with E-state index >= 15 is 0 Å². The van der Waals surface area contributed by atoms with Crippen LogP contribution in [0.25, 0.3) is 0 Å². The van der Waals surface area contributed by atoms with Crippen LogP contribution in [0, 0.1) is 5.41 Å². The van der Waals surface area contributed by atoms with E-state index in [0.717, 1.165) is 0 Å². The highest BCUT2D eigenvalue weighted by Crippen LogP contribution is 2.15. The van der Waals surface area contributed by atoms with Gasteiger partial charge in [-0.25, -0.2) is 10.4 Å². The first kappa shape index (κ1) is 12.8. The molecular formula is C8H17N3O5. The zero-order valence-corrected chi connectivity index (χ0v) is 8.85. The number of nitrogens with one attached hydrogen (secondary N) is 2. The maximum Gasteiger partial charge on any atom is 0.307 e. The van der Waals surface area contributed by atoms with Crippen LogP contribution >= 0.6 is 0 Å². The Morgan fingerprint density at radius 1 is 1.19 bits per heavy atom. The third kappa shape index (κ3) is 3.72. The zero-order chi connectivity index (χ0) is 12.0. The maximum atomic E-state index is 11.2. The maximum absolute atomic E-state index is 11.2. The molecule has 0 saturated heterocycles. The summed E-state index contributed by atoms with van der Waals surface area (Å²) in [5.41, 5.74) is -1.16. The van der Waals surface area contributed by atoms with Crippen molar-refractivity contribution in [2.24, 2.45) is 5.41 Å². The van der Waals surface area contributed by atoms with Crippen molar-refractivity contribution in [1.82, 2.24) is 15.2 Å². The average Bonchev–Trinajstić information content (AvgIpc) is 3.13. The molecule has 0 fully saturated rings. The van der Waals surface area contributed by atoms with E-state index in [9.17, 15) is 4.79 Å². The van der Waals surface area contributed by atoms with Crippen LogP contribution in [-0.4, -0.2) is 62.9 Å². The minimum Gasteiger partial charge on any atom is -0.465 e.